The summed E-state index contributed by atoms with van der Waals surface area (Å²) in [6, 6.07) is 79.4. The molecular formula is C67H54IrN3. The average molecular weight is 1090 g/mol. The number of nitrogens with zero attached hydrogens (tertiary/aromatic N) is 3. The Morgan fingerprint density at radius 1 is 0.366 bits per heavy atom. The Morgan fingerprint density at radius 3 is 1.41 bits per heavy atom. The molecule has 10 aromatic rings. The molecule has 0 saturated heterocycles. The molecule has 0 amide bonds. The summed E-state index contributed by atoms with van der Waals surface area (Å²) < 4.78 is 0. The Balaban J connectivity index is 0.00000547. The number of rotatable bonds is 12. The number of hydrogen-bond acceptors (Lipinski definition) is 3. The number of benzene rings is 7. The van der Waals surface area contributed by atoms with Gasteiger partial charge < -0.3 is 15.0 Å². The van der Waals surface area contributed by atoms with E-state index in [1.54, 1.807) is 0 Å². The predicted molar refractivity (Wildman–Crippen MR) is 287 cm³/mol. The van der Waals surface area contributed by atoms with Crippen LogP contribution in [0.1, 0.15) is 73.6 Å². The molecule has 3 nitrogen and oxygen atoms in total. The minimum Gasteiger partial charge on any atom is -0.305 e. The molecule has 0 spiro atoms. The van der Waals surface area contributed by atoms with Crippen LogP contribution < -0.4 is 0 Å². The summed E-state index contributed by atoms with van der Waals surface area (Å²) in [5.41, 5.74) is 18.8. The average Bonchev–Trinajstić information content (AvgIpc) is 4.13. The van der Waals surface area contributed by atoms with Gasteiger partial charge in [-0.15, -0.1) is 101 Å². The number of fused-ring (bicyclic) bond motifs is 1. The summed E-state index contributed by atoms with van der Waals surface area (Å²) in [7, 11) is 0. The zero-order valence-corrected chi connectivity index (χ0v) is 42.3. The molecule has 2 aliphatic carbocycles. The molecule has 2 saturated carbocycles. The predicted octanol–water partition coefficient (Wildman–Crippen LogP) is 16.5. The Kier molecular flexibility index (Phi) is 13.3. The van der Waals surface area contributed by atoms with E-state index in [-0.39, 0.29) is 30.9 Å². The standard InChI is InChI=1S/C67H54N3.Ir/c1-2-14-55-44-56(24-19-50(55)13-1)57-33-40-70-65(45-57)54-22-20-51(21-23-54)61-15-3-4-16-62(61)58-42-48(46-66(34-7-8-35-66)59-29-25-52(26-30-59)63-17-5-11-38-68-63)41-49(43-58)47-67(36-9-10-37-67)60-31-27-53(28-32-60)64-18-6-12-39-69-64;/h1-6,11-22,24-25,27,29-33,38-45H,7-10,34-37,46-47H2;/q-3;+3. The fourth-order valence-electron chi connectivity index (χ4n) is 11.9. The van der Waals surface area contributed by atoms with Gasteiger partial charge >= 0.3 is 20.1 Å². The first-order valence-corrected chi connectivity index (χ1v) is 25.1. The molecule has 71 heavy (non-hydrogen) atoms. The van der Waals surface area contributed by atoms with Gasteiger partial charge in [-0.3, -0.25) is 0 Å². The monoisotopic (exact) mass is 1090 g/mol. The molecule has 0 radical (unpaired) electrons. The maximum atomic E-state index is 4.82. The molecule has 346 valence electrons. The van der Waals surface area contributed by atoms with E-state index >= 15 is 0 Å². The molecule has 0 unspecified atom stereocenters. The van der Waals surface area contributed by atoms with Crippen LogP contribution >= 0.6 is 0 Å². The van der Waals surface area contributed by atoms with Crippen molar-refractivity contribution in [1.82, 2.24) is 15.0 Å². The summed E-state index contributed by atoms with van der Waals surface area (Å²) in [6.45, 7) is 0. The van der Waals surface area contributed by atoms with Gasteiger partial charge in [-0.2, -0.15) is 0 Å². The summed E-state index contributed by atoms with van der Waals surface area (Å²) in [4.78, 5) is 14.1. The minimum atomic E-state index is 0. The van der Waals surface area contributed by atoms with Crippen molar-refractivity contribution in [1.29, 1.82) is 0 Å². The second kappa shape index (κ2) is 20.3. The van der Waals surface area contributed by atoms with Crippen LogP contribution in [0.25, 0.3) is 77.9 Å². The van der Waals surface area contributed by atoms with E-state index in [0.717, 1.165) is 57.7 Å². The second-order valence-corrected chi connectivity index (χ2v) is 19.8. The van der Waals surface area contributed by atoms with Crippen molar-refractivity contribution in [3.63, 3.8) is 0 Å². The topological polar surface area (TPSA) is 38.7 Å². The van der Waals surface area contributed by atoms with E-state index in [1.807, 2.05) is 30.7 Å². The summed E-state index contributed by atoms with van der Waals surface area (Å²) >= 11 is 0. The van der Waals surface area contributed by atoms with Gasteiger partial charge in [0.2, 0.25) is 0 Å². The van der Waals surface area contributed by atoms with Gasteiger partial charge in [0.05, 0.1) is 0 Å². The second-order valence-electron chi connectivity index (χ2n) is 19.8. The summed E-state index contributed by atoms with van der Waals surface area (Å²) in [5.74, 6) is 0. The van der Waals surface area contributed by atoms with Crippen LogP contribution in [0.15, 0.2) is 207 Å². The molecule has 0 atom stereocenters. The SMILES string of the molecule is [Ir+3].[c-]1cc(C2(Cc3cc(CC4(c5c[c-]c(-c6ccccn6)cc5)CCCC4)cc(-c4ccccc4-c4c[c-]c(-c5cc(-c6ccc7ccccc7c6)ccn5)cc4)c3)CCCC2)ccc1-c1ccccn1. The van der Waals surface area contributed by atoms with Gasteiger partial charge in [-0.25, -0.2) is 0 Å². The van der Waals surface area contributed by atoms with Crippen LogP contribution in [0.2, 0.25) is 0 Å². The van der Waals surface area contributed by atoms with Crippen LogP contribution in [0.5, 0.6) is 0 Å². The fourth-order valence-corrected chi connectivity index (χ4v) is 11.9. The van der Waals surface area contributed by atoms with Crippen molar-refractivity contribution < 1.29 is 20.1 Å². The molecule has 0 N–H and O–H groups in total. The van der Waals surface area contributed by atoms with Crippen molar-refractivity contribution >= 4 is 10.8 Å². The third-order valence-corrected chi connectivity index (χ3v) is 15.5. The largest absolute Gasteiger partial charge is 3.00 e. The van der Waals surface area contributed by atoms with E-state index in [4.69, 9.17) is 4.98 Å². The van der Waals surface area contributed by atoms with Gasteiger partial charge in [0.1, 0.15) is 0 Å². The molecule has 12 rings (SSSR count). The van der Waals surface area contributed by atoms with Gasteiger partial charge in [-0.05, 0) is 109 Å². The van der Waals surface area contributed by atoms with E-state index in [9.17, 15) is 0 Å². The molecule has 7 aromatic carbocycles. The Morgan fingerprint density at radius 2 is 0.859 bits per heavy atom. The Labute approximate surface area is 432 Å². The smallest absolute Gasteiger partial charge is 0.305 e. The molecule has 3 heterocycles. The van der Waals surface area contributed by atoms with E-state index in [0.29, 0.717) is 0 Å². The molecule has 3 aromatic heterocycles. The molecule has 0 aliphatic heterocycles. The van der Waals surface area contributed by atoms with Gasteiger partial charge in [-0.1, -0.05) is 172 Å². The zero-order valence-electron chi connectivity index (χ0n) is 39.9. The van der Waals surface area contributed by atoms with Crippen molar-refractivity contribution in [2.75, 3.05) is 0 Å². The fraction of sp³-hybridized carbons (Fsp3) is 0.179. The van der Waals surface area contributed by atoms with Crippen molar-refractivity contribution in [2.24, 2.45) is 0 Å². The van der Waals surface area contributed by atoms with E-state index < -0.39 is 0 Å². The first-order chi connectivity index (χ1) is 34.6. The Bertz CT molecular complexity index is 3290. The van der Waals surface area contributed by atoms with Crippen molar-refractivity contribution in [3.05, 3.63) is 247 Å². The van der Waals surface area contributed by atoms with Crippen LogP contribution in [0, 0.1) is 18.2 Å². The summed E-state index contributed by atoms with van der Waals surface area (Å²) in [6.07, 6.45) is 17.2. The van der Waals surface area contributed by atoms with Gasteiger partial charge in [0, 0.05) is 18.6 Å². The quantitative estimate of drug-likeness (QED) is 0.114. The Hall–Kier alpha value is -7.10. The first kappa shape index (κ1) is 46.3. The van der Waals surface area contributed by atoms with Crippen LogP contribution in [-0.2, 0) is 43.8 Å². The minimum absolute atomic E-state index is 0. The van der Waals surface area contributed by atoms with Gasteiger partial charge in [0.15, 0.2) is 0 Å². The molecule has 2 fully saturated rings. The third kappa shape index (κ3) is 9.60. The normalized spacial score (nSPS) is 14.8. The summed E-state index contributed by atoms with van der Waals surface area (Å²) in [5, 5.41) is 2.48. The third-order valence-electron chi connectivity index (χ3n) is 15.5. The van der Waals surface area contributed by atoms with Gasteiger partial charge in [0.25, 0.3) is 0 Å². The zero-order chi connectivity index (χ0) is 46.7. The van der Waals surface area contributed by atoms with Crippen LogP contribution in [0.4, 0.5) is 0 Å². The van der Waals surface area contributed by atoms with Crippen molar-refractivity contribution in [2.45, 2.75) is 75.0 Å². The van der Waals surface area contributed by atoms with E-state index in [2.05, 4.69) is 204 Å². The number of pyridine rings is 3. The number of aromatic nitrogens is 3. The molecule has 2 aliphatic rings. The van der Waals surface area contributed by atoms with Crippen LogP contribution in [-0.4, -0.2) is 15.0 Å². The first-order valence-electron chi connectivity index (χ1n) is 25.1. The molecule has 0 bridgehead atoms. The number of hydrogen-bond donors (Lipinski definition) is 0. The molecular weight excluding hydrogens is 1040 g/mol. The van der Waals surface area contributed by atoms with E-state index in [1.165, 1.54) is 107 Å². The molecule has 4 heteroatoms. The van der Waals surface area contributed by atoms with Crippen molar-refractivity contribution in [3.8, 4) is 67.2 Å². The maximum absolute atomic E-state index is 4.82. The van der Waals surface area contributed by atoms with Crippen LogP contribution in [0.3, 0.4) is 0 Å². The maximum Gasteiger partial charge on any atom is 3.00 e.